The molecule has 140 valence electrons. The largest absolute Gasteiger partial charge is 0.343 e. The molecule has 0 aromatic heterocycles. The number of amides is 2. The summed E-state index contributed by atoms with van der Waals surface area (Å²) < 4.78 is 0. The van der Waals surface area contributed by atoms with Crippen molar-refractivity contribution in [3.8, 4) is 0 Å². The van der Waals surface area contributed by atoms with Gasteiger partial charge in [-0.2, -0.15) is 0 Å². The molecule has 1 aliphatic carbocycles. The van der Waals surface area contributed by atoms with Crippen LogP contribution in [0.5, 0.6) is 0 Å². The standard InChI is InChI=1S/C21H29N3O2/c22-11-8-19(25)23-12-9-21(10-13-23)14-18(16-4-2-1-3-5-16)20(26)24(15-21)17-6-7-17/h1-5,17-18H,6-15,22H2/t18-/m1/s1. The van der Waals surface area contributed by atoms with Crippen molar-refractivity contribution in [3.63, 3.8) is 0 Å². The SMILES string of the molecule is NCCC(=O)N1CCC2(CC1)C[C@H](c1ccccc1)C(=O)N(C1CC1)C2. The lowest BCUT2D eigenvalue weighted by Gasteiger charge is -2.50. The molecule has 1 aromatic carbocycles. The van der Waals surface area contributed by atoms with Gasteiger partial charge in [-0.3, -0.25) is 9.59 Å². The van der Waals surface area contributed by atoms with Crippen LogP contribution in [-0.4, -0.2) is 53.8 Å². The minimum atomic E-state index is -0.0307. The minimum absolute atomic E-state index is 0.0307. The molecule has 1 spiro atoms. The molecule has 4 rings (SSSR count). The molecule has 0 bridgehead atoms. The van der Waals surface area contributed by atoms with Gasteiger partial charge in [0, 0.05) is 38.6 Å². The molecule has 1 atom stereocenters. The molecule has 1 saturated carbocycles. The molecule has 1 aromatic rings. The van der Waals surface area contributed by atoms with Crippen LogP contribution in [0.1, 0.15) is 50.0 Å². The third-order valence-electron chi connectivity index (χ3n) is 6.45. The van der Waals surface area contributed by atoms with Gasteiger partial charge in [0.15, 0.2) is 0 Å². The summed E-state index contributed by atoms with van der Waals surface area (Å²) in [6.07, 6.45) is 5.62. The Balaban J connectivity index is 1.53. The number of piperidine rings is 2. The minimum Gasteiger partial charge on any atom is -0.343 e. The first-order valence-electron chi connectivity index (χ1n) is 9.95. The number of likely N-dealkylation sites (tertiary alicyclic amines) is 2. The first-order valence-corrected chi connectivity index (χ1v) is 9.95. The van der Waals surface area contributed by atoms with Crippen LogP contribution >= 0.6 is 0 Å². The third-order valence-corrected chi connectivity index (χ3v) is 6.45. The van der Waals surface area contributed by atoms with E-state index in [4.69, 9.17) is 5.73 Å². The summed E-state index contributed by atoms with van der Waals surface area (Å²) in [6, 6.07) is 10.7. The number of rotatable bonds is 4. The van der Waals surface area contributed by atoms with Crippen molar-refractivity contribution in [2.45, 2.75) is 50.5 Å². The fourth-order valence-electron chi connectivity index (χ4n) is 4.74. The summed E-state index contributed by atoms with van der Waals surface area (Å²) in [6.45, 7) is 2.89. The first-order chi connectivity index (χ1) is 12.6. The maximum atomic E-state index is 13.1. The van der Waals surface area contributed by atoms with Gasteiger partial charge in [-0.25, -0.2) is 0 Å². The van der Waals surface area contributed by atoms with Crippen molar-refractivity contribution in [1.82, 2.24) is 9.80 Å². The van der Waals surface area contributed by atoms with Gasteiger partial charge >= 0.3 is 0 Å². The quantitative estimate of drug-likeness (QED) is 0.900. The van der Waals surface area contributed by atoms with E-state index in [0.717, 1.165) is 57.3 Å². The molecule has 0 radical (unpaired) electrons. The Labute approximate surface area is 155 Å². The lowest BCUT2D eigenvalue weighted by atomic mass is 9.67. The van der Waals surface area contributed by atoms with Crippen LogP contribution < -0.4 is 5.73 Å². The average Bonchev–Trinajstić information content (AvgIpc) is 3.50. The van der Waals surface area contributed by atoms with Crippen molar-refractivity contribution < 1.29 is 9.59 Å². The van der Waals surface area contributed by atoms with E-state index in [1.165, 1.54) is 0 Å². The molecule has 2 amide bonds. The zero-order valence-corrected chi connectivity index (χ0v) is 15.4. The Kier molecular flexibility index (Phi) is 4.74. The number of hydrogen-bond acceptors (Lipinski definition) is 3. The Morgan fingerprint density at radius 1 is 1.15 bits per heavy atom. The van der Waals surface area contributed by atoms with E-state index in [1.54, 1.807) is 0 Å². The van der Waals surface area contributed by atoms with Crippen molar-refractivity contribution >= 4 is 11.8 Å². The second-order valence-electron chi connectivity index (χ2n) is 8.28. The van der Waals surface area contributed by atoms with Gasteiger partial charge in [-0.1, -0.05) is 30.3 Å². The molecule has 26 heavy (non-hydrogen) atoms. The number of benzene rings is 1. The molecule has 5 heteroatoms. The monoisotopic (exact) mass is 355 g/mol. The highest BCUT2D eigenvalue weighted by atomic mass is 16.2. The molecule has 0 unspecified atom stereocenters. The van der Waals surface area contributed by atoms with E-state index >= 15 is 0 Å². The van der Waals surface area contributed by atoms with E-state index in [0.29, 0.717) is 24.9 Å². The van der Waals surface area contributed by atoms with Gasteiger partial charge in [0.25, 0.3) is 0 Å². The van der Waals surface area contributed by atoms with Crippen molar-refractivity contribution in [3.05, 3.63) is 35.9 Å². The highest BCUT2D eigenvalue weighted by Crippen LogP contribution is 2.48. The van der Waals surface area contributed by atoms with Crippen LogP contribution in [0.25, 0.3) is 0 Å². The van der Waals surface area contributed by atoms with E-state index in [-0.39, 0.29) is 17.2 Å². The topological polar surface area (TPSA) is 66.6 Å². The average molecular weight is 355 g/mol. The second-order valence-corrected chi connectivity index (χ2v) is 8.28. The Morgan fingerprint density at radius 3 is 2.46 bits per heavy atom. The fraction of sp³-hybridized carbons (Fsp3) is 0.619. The highest BCUT2D eigenvalue weighted by molar-refractivity contribution is 5.85. The van der Waals surface area contributed by atoms with E-state index in [9.17, 15) is 9.59 Å². The maximum absolute atomic E-state index is 13.1. The van der Waals surface area contributed by atoms with Crippen LogP contribution in [0, 0.1) is 5.41 Å². The molecule has 2 heterocycles. The summed E-state index contributed by atoms with van der Waals surface area (Å²) in [5.41, 5.74) is 6.83. The van der Waals surface area contributed by atoms with Crippen LogP contribution in [0.15, 0.2) is 30.3 Å². The highest BCUT2D eigenvalue weighted by Gasteiger charge is 2.49. The zero-order chi connectivity index (χ0) is 18.1. The summed E-state index contributed by atoms with van der Waals surface area (Å²) in [5.74, 6) is 0.454. The summed E-state index contributed by atoms with van der Waals surface area (Å²) in [4.78, 5) is 29.4. The second kappa shape index (κ2) is 7.03. The van der Waals surface area contributed by atoms with Gasteiger partial charge in [0.1, 0.15) is 0 Å². The van der Waals surface area contributed by atoms with Crippen molar-refractivity contribution in [1.29, 1.82) is 0 Å². The van der Waals surface area contributed by atoms with E-state index in [2.05, 4.69) is 17.0 Å². The molecule has 5 nitrogen and oxygen atoms in total. The van der Waals surface area contributed by atoms with Gasteiger partial charge < -0.3 is 15.5 Å². The lowest BCUT2D eigenvalue weighted by molar-refractivity contribution is -0.145. The maximum Gasteiger partial charge on any atom is 0.230 e. The van der Waals surface area contributed by atoms with Gasteiger partial charge in [-0.05, 0) is 43.1 Å². The molecular formula is C21H29N3O2. The number of hydrogen-bond donors (Lipinski definition) is 1. The van der Waals surface area contributed by atoms with E-state index in [1.807, 2.05) is 23.1 Å². The van der Waals surface area contributed by atoms with Gasteiger partial charge in [0.2, 0.25) is 11.8 Å². The van der Waals surface area contributed by atoms with Crippen LogP contribution in [0.4, 0.5) is 0 Å². The first kappa shape index (κ1) is 17.5. The number of carbonyl (C=O) groups is 2. The summed E-state index contributed by atoms with van der Waals surface area (Å²) >= 11 is 0. The predicted octanol–water partition coefficient (Wildman–Crippen LogP) is 2.12. The van der Waals surface area contributed by atoms with Gasteiger partial charge in [-0.15, -0.1) is 0 Å². The van der Waals surface area contributed by atoms with Gasteiger partial charge in [0.05, 0.1) is 5.92 Å². The molecule has 3 fully saturated rings. The molecule has 2 saturated heterocycles. The smallest absolute Gasteiger partial charge is 0.230 e. The normalized spacial score (nSPS) is 25.6. The predicted molar refractivity (Wildman–Crippen MR) is 100 cm³/mol. The van der Waals surface area contributed by atoms with Crippen molar-refractivity contribution in [2.24, 2.45) is 11.1 Å². The lowest BCUT2D eigenvalue weighted by Crippen LogP contribution is -2.55. The van der Waals surface area contributed by atoms with E-state index < -0.39 is 0 Å². The fourth-order valence-corrected chi connectivity index (χ4v) is 4.74. The molecule has 3 aliphatic rings. The van der Waals surface area contributed by atoms with Crippen LogP contribution in [-0.2, 0) is 9.59 Å². The summed E-state index contributed by atoms with van der Waals surface area (Å²) in [5, 5.41) is 0. The number of carbonyl (C=O) groups excluding carboxylic acids is 2. The number of nitrogens with two attached hydrogens (primary N) is 1. The Morgan fingerprint density at radius 2 is 1.85 bits per heavy atom. The zero-order valence-electron chi connectivity index (χ0n) is 15.4. The van der Waals surface area contributed by atoms with Crippen LogP contribution in [0.2, 0.25) is 0 Å². The molecule has 2 aliphatic heterocycles. The van der Waals surface area contributed by atoms with Crippen LogP contribution in [0.3, 0.4) is 0 Å². The molecular weight excluding hydrogens is 326 g/mol. The third kappa shape index (κ3) is 3.37. The molecule has 2 N–H and O–H groups in total. The Bertz CT molecular complexity index is 663. The Hall–Kier alpha value is -1.88. The summed E-state index contributed by atoms with van der Waals surface area (Å²) in [7, 11) is 0. The number of nitrogens with zero attached hydrogens (tertiary/aromatic N) is 2. The van der Waals surface area contributed by atoms with Crippen molar-refractivity contribution in [2.75, 3.05) is 26.2 Å².